The molecule has 29 heavy (non-hydrogen) atoms. The van der Waals surface area contributed by atoms with Crippen molar-refractivity contribution in [3.63, 3.8) is 0 Å². The predicted molar refractivity (Wildman–Crippen MR) is 112 cm³/mol. The Morgan fingerprint density at radius 2 is 1.79 bits per heavy atom. The molecule has 150 valence electrons. The second-order valence-corrected chi connectivity index (χ2v) is 6.25. The first-order valence-corrected chi connectivity index (χ1v) is 9.10. The van der Waals surface area contributed by atoms with Gasteiger partial charge in [-0.05, 0) is 56.3 Å². The van der Waals surface area contributed by atoms with Crippen molar-refractivity contribution in [1.29, 1.82) is 0 Å². The Kier molecular flexibility index (Phi) is 6.23. The number of halogens is 1. The van der Waals surface area contributed by atoms with Crippen LogP contribution in [0.2, 0.25) is 0 Å². The summed E-state index contributed by atoms with van der Waals surface area (Å²) in [5, 5.41) is 9.04. The summed E-state index contributed by atoms with van der Waals surface area (Å²) in [5.74, 6) is 0.324. The number of hydrogen-bond donors (Lipinski definition) is 3. The summed E-state index contributed by atoms with van der Waals surface area (Å²) in [4.78, 5) is 21.0. The van der Waals surface area contributed by atoms with Gasteiger partial charge in [-0.3, -0.25) is 4.79 Å². The second-order valence-electron chi connectivity index (χ2n) is 6.25. The molecule has 0 saturated carbocycles. The molecule has 0 unspecified atom stereocenters. The van der Waals surface area contributed by atoms with E-state index in [-0.39, 0.29) is 11.3 Å². The van der Waals surface area contributed by atoms with Gasteiger partial charge in [-0.25, -0.2) is 9.37 Å². The highest BCUT2D eigenvalue weighted by Gasteiger charge is 2.10. The minimum absolute atomic E-state index is 0.0919. The van der Waals surface area contributed by atoms with E-state index in [4.69, 9.17) is 4.74 Å². The van der Waals surface area contributed by atoms with E-state index in [9.17, 15) is 9.18 Å². The molecule has 0 saturated heterocycles. The van der Waals surface area contributed by atoms with Crippen molar-refractivity contribution >= 4 is 29.0 Å². The lowest BCUT2D eigenvalue weighted by atomic mass is 10.2. The van der Waals surface area contributed by atoms with Gasteiger partial charge in [-0.15, -0.1) is 0 Å². The Morgan fingerprint density at radius 3 is 2.45 bits per heavy atom. The Bertz CT molecular complexity index is 1010. The summed E-state index contributed by atoms with van der Waals surface area (Å²) in [6.07, 6.45) is 0. The molecule has 2 aromatic carbocycles. The zero-order valence-corrected chi connectivity index (χ0v) is 16.4. The SMILES string of the molecule is CCNc1nc(C)cc(Nc2ccc(NC(=O)c3ccc(OC)c(F)c3)cc2)n1. The summed E-state index contributed by atoms with van der Waals surface area (Å²) in [6.45, 7) is 4.61. The van der Waals surface area contributed by atoms with E-state index >= 15 is 0 Å². The number of methoxy groups -OCH3 is 1. The van der Waals surface area contributed by atoms with Crippen LogP contribution >= 0.6 is 0 Å². The molecule has 1 aromatic heterocycles. The topological polar surface area (TPSA) is 88.2 Å². The number of anilines is 4. The first-order valence-electron chi connectivity index (χ1n) is 9.10. The van der Waals surface area contributed by atoms with E-state index in [1.807, 2.05) is 32.0 Å². The van der Waals surface area contributed by atoms with Crippen LogP contribution in [0.25, 0.3) is 0 Å². The van der Waals surface area contributed by atoms with Crippen LogP contribution in [-0.4, -0.2) is 29.5 Å². The lowest BCUT2D eigenvalue weighted by Crippen LogP contribution is -2.12. The standard InChI is InChI=1S/C21H22FN5O2/c1-4-23-21-24-13(2)11-19(27-21)25-15-6-8-16(9-7-15)26-20(28)14-5-10-18(29-3)17(22)12-14/h5-12H,4H2,1-3H3,(H,26,28)(H2,23,24,25,27). The zero-order valence-electron chi connectivity index (χ0n) is 16.4. The average molecular weight is 395 g/mol. The first-order chi connectivity index (χ1) is 14.0. The van der Waals surface area contributed by atoms with Crippen LogP contribution in [0.15, 0.2) is 48.5 Å². The van der Waals surface area contributed by atoms with Crippen LogP contribution in [0.4, 0.5) is 27.5 Å². The van der Waals surface area contributed by atoms with Crippen molar-refractivity contribution in [3.05, 3.63) is 65.6 Å². The van der Waals surface area contributed by atoms with Crippen molar-refractivity contribution in [2.45, 2.75) is 13.8 Å². The van der Waals surface area contributed by atoms with Gasteiger partial charge in [0.15, 0.2) is 11.6 Å². The van der Waals surface area contributed by atoms with Gasteiger partial charge in [0.25, 0.3) is 5.91 Å². The number of rotatable bonds is 7. The van der Waals surface area contributed by atoms with Crippen LogP contribution < -0.4 is 20.7 Å². The number of nitrogens with one attached hydrogen (secondary N) is 3. The molecule has 3 aromatic rings. The Hall–Kier alpha value is -3.68. The number of nitrogens with zero attached hydrogens (tertiary/aromatic N) is 2. The normalized spacial score (nSPS) is 10.3. The molecule has 3 N–H and O–H groups in total. The van der Waals surface area contributed by atoms with Gasteiger partial charge in [0.2, 0.25) is 5.95 Å². The third kappa shape index (κ3) is 5.19. The molecule has 0 bridgehead atoms. The number of hydrogen-bond acceptors (Lipinski definition) is 6. The van der Waals surface area contributed by atoms with Gasteiger partial charge < -0.3 is 20.7 Å². The summed E-state index contributed by atoms with van der Waals surface area (Å²) >= 11 is 0. The highest BCUT2D eigenvalue weighted by molar-refractivity contribution is 6.04. The summed E-state index contributed by atoms with van der Waals surface area (Å²) in [6, 6.07) is 13.0. The molecule has 7 nitrogen and oxygen atoms in total. The number of aromatic nitrogens is 2. The third-order valence-corrected chi connectivity index (χ3v) is 4.02. The lowest BCUT2D eigenvalue weighted by molar-refractivity contribution is 0.102. The highest BCUT2D eigenvalue weighted by Crippen LogP contribution is 2.21. The van der Waals surface area contributed by atoms with Crippen molar-refractivity contribution < 1.29 is 13.9 Å². The molecule has 0 aliphatic carbocycles. The largest absolute Gasteiger partial charge is 0.494 e. The first kappa shape index (κ1) is 20.1. The smallest absolute Gasteiger partial charge is 0.255 e. The molecule has 3 rings (SSSR count). The molecule has 1 amide bonds. The molecule has 0 spiro atoms. The third-order valence-electron chi connectivity index (χ3n) is 4.02. The fourth-order valence-electron chi connectivity index (χ4n) is 2.67. The van der Waals surface area contributed by atoms with Gasteiger partial charge >= 0.3 is 0 Å². The lowest BCUT2D eigenvalue weighted by Gasteiger charge is -2.10. The molecule has 0 radical (unpaired) electrons. The van der Waals surface area contributed by atoms with Crippen molar-refractivity contribution in [2.24, 2.45) is 0 Å². The van der Waals surface area contributed by atoms with Gasteiger partial charge in [-0.1, -0.05) is 0 Å². The Labute approximate surface area is 168 Å². The fourth-order valence-corrected chi connectivity index (χ4v) is 2.67. The number of carbonyl (C=O) groups is 1. The molecule has 0 fully saturated rings. The van der Waals surface area contributed by atoms with E-state index < -0.39 is 11.7 Å². The number of carbonyl (C=O) groups excluding carboxylic acids is 1. The summed E-state index contributed by atoms with van der Waals surface area (Å²) in [5.41, 5.74) is 2.44. The molecule has 1 heterocycles. The van der Waals surface area contributed by atoms with Crippen LogP contribution in [0.3, 0.4) is 0 Å². The van der Waals surface area contributed by atoms with Crippen molar-refractivity contribution in [3.8, 4) is 5.75 Å². The predicted octanol–water partition coefficient (Wildman–Crippen LogP) is 4.36. The van der Waals surface area contributed by atoms with E-state index in [2.05, 4.69) is 25.9 Å². The minimum Gasteiger partial charge on any atom is -0.494 e. The number of aryl methyl sites for hydroxylation is 1. The van der Waals surface area contributed by atoms with E-state index in [1.165, 1.54) is 19.2 Å². The van der Waals surface area contributed by atoms with Gasteiger partial charge in [0.1, 0.15) is 5.82 Å². The van der Waals surface area contributed by atoms with Crippen molar-refractivity contribution in [2.75, 3.05) is 29.6 Å². The van der Waals surface area contributed by atoms with E-state index in [1.54, 1.807) is 12.1 Å². The van der Waals surface area contributed by atoms with Gasteiger partial charge in [0, 0.05) is 35.2 Å². The maximum Gasteiger partial charge on any atom is 0.255 e. The maximum absolute atomic E-state index is 13.8. The van der Waals surface area contributed by atoms with Crippen LogP contribution in [0.5, 0.6) is 5.75 Å². The Balaban J connectivity index is 1.67. The van der Waals surface area contributed by atoms with Crippen LogP contribution in [0.1, 0.15) is 23.0 Å². The number of benzene rings is 2. The summed E-state index contributed by atoms with van der Waals surface area (Å²) in [7, 11) is 1.37. The van der Waals surface area contributed by atoms with Gasteiger partial charge in [0.05, 0.1) is 7.11 Å². The molecule has 8 heteroatoms. The molecule has 0 atom stereocenters. The van der Waals surface area contributed by atoms with Crippen molar-refractivity contribution in [1.82, 2.24) is 9.97 Å². The quantitative estimate of drug-likeness (QED) is 0.551. The van der Waals surface area contributed by atoms with E-state index in [0.717, 1.165) is 24.0 Å². The van der Waals surface area contributed by atoms with Crippen LogP contribution in [-0.2, 0) is 0 Å². The summed E-state index contributed by atoms with van der Waals surface area (Å²) < 4.78 is 18.6. The van der Waals surface area contributed by atoms with Gasteiger partial charge in [-0.2, -0.15) is 4.98 Å². The number of ether oxygens (including phenoxy) is 1. The molecule has 0 aliphatic heterocycles. The number of amides is 1. The van der Waals surface area contributed by atoms with Crippen LogP contribution in [0, 0.1) is 12.7 Å². The molecular formula is C21H22FN5O2. The molecule has 0 aliphatic rings. The minimum atomic E-state index is -0.586. The highest BCUT2D eigenvalue weighted by atomic mass is 19.1. The van der Waals surface area contributed by atoms with E-state index in [0.29, 0.717) is 17.5 Å². The monoisotopic (exact) mass is 395 g/mol. The second kappa shape index (κ2) is 9.01. The molecular weight excluding hydrogens is 373 g/mol. The maximum atomic E-state index is 13.8. The fraction of sp³-hybridized carbons (Fsp3) is 0.190. The average Bonchev–Trinajstić information content (AvgIpc) is 2.69. The zero-order chi connectivity index (χ0) is 20.8. The Morgan fingerprint density at radius 1 is 1.07 bits per heavy atom.